The molecule has 102 valence electrons. The number of aromatic nitrogens is 2. The van der Waals surface area contributed by atoms with Gasteiger partial charge in [0.1, 0.15) is 0 Å². The molecule has 0 saturated heterocycles. The quantitative estimate of drug-likeness (QED) is 0.665. The number of aryl methyl sites for hydroxylation is 1. The third-order valence-corrected chi connectivity index (χ3v) is 2.84. The molecule has 7 heteroatoms. The molecular formula is C13H12N4O3. The van der Waals surface area contributed by atoms with Gasteiger partial charge in [-0.2, -0.15) is 5.10 Å². The highest BCUT2D eigenvalue weighted by atomic mass is 16.7. The molecule has 0 spiro atoms. The number of carbonyl (C=O) groups excluding carboxylic acids is 1. The molecule has 1 N–H and O–H groups in total. The lowest BCUT2D eigenvalue weighted by Crippen LogP contribution is -2.17. The average Bonchev–Trinajstić information content (AvgIpc) is 3.07. The molecule has 0 aliphatic carbocycles. The molecule has 20 heavy (non-hydrogen) atoms. The zero-order valence-electron chi connectivity index (χ0n) is 10.7. The molecule has 2 aromatic rings. The number of nitrogens with one attached hydrogen (secondary N) is 1. The second-order valence-electron chi connectivity index (χ2n) is 4.16. The lowest BCUT2D eigenvalue weighted by Gasteiger charge is -2.01. The molecular weight excluding hydrogens is 260 g/mol. The second kappa shape index (κ2) is 5.04. The smallest absolute Gasteiger partial charge is 0.271 e. The highest BCUT2D eigenvalue weighted by molar-refractivity contribution is 5.95. The summed E-state index contributed by atoms with van der Waals surface area (Å²) in [5.41, 5.74) is 2.89. The predicted molar refractivity (Wildman–Crippen MR) is 70.8 cm³/mol. The fraction of sp³-hybridized carbons (Fsp3) is 0.154. The summed E-state index contributed by atoms with van der Waals surface area (Å²) in [7, 11) is 1.84. The summed E-state index contributed by atoms with van der Waals surface area (Å²) in [5.74, 6) is 1.52. The Hall–Kier alpha value is -2.83. The van der Waals surface area contributed by atoms with E-state index in [-0.39, 0.29) is 12.7 Å². The van der Waals surface area contributed by atoms with Crippen LogP contribution in [0.2, 0.25) is 0 Å². The minimum atomic E-state index is -0.325. The van der Waals surface area contributed by atoms with E-state index in [0.717, 1.165) is 0 Å². The van der Waals surface area contributed by atoms with Gasteiger partial charge in [0.05, 0.1) is 6.21 Å². The van der Waals surface area contributed by atoms with E-state index in [1.807, 2.05) is 7.05 Å². The Bertz CT molecular complexity index is 678. The van der Waals surface area contributed by atoms with Gasteiger partial charge in [0.25, 0.3) is 5.91 Å². The van der Waals surface area contributed by atoms with Crippen LogP contribution in [0.4, 0.5) is 0 Å². The molecule has 0 radical (unpaired) electrons. The molecule has 0 bridgehead atoms. The SMILES string of the molecule is Cn1ccnc1/C=N/NC(=O)c1ccc2c(c1)OCO2. The van der Waals surface area contributed by atoms with E-state index in [1.54, 1.807) is 35.2 Å². The van der Waals surface area contributed by atoms with E-state index in [9.17, 15) is 4.79 Å². The van der Waals surface area contributed by atoms with Crippen molar-refractivity contribution in [2.75, 3.05) is 6.79 Å². The molecule has 0 unspecified atom stereocenters. The van der Waals surface area contributed by atoms with Gasteiger partial charge in [-0.1, -0.05) is 0 Å². The molecule has 7 nitrogen and oxygen atoms in total. The number of hydrogen-bond acceptors (Lipinski definition) is 5. The largest absolute Gasteiger partial charge is 0.454 e. The Morgan fingerprint density at radius 3 is 3.10 bits per heavy atom. The summed E-state index contributed by atoms with van der Waals surface area (Å²) in [4.78, 5) is 16.0. The maximum Gasteiger partial charge on any atom is 0.271 e. The fourth-order valence-electron chi connectivity index (χ4n) is 1.75. The van der Waals surface area contributed by atoms with Gasteiger partial charge in [0.15, 0.2) is 17.3 Å². The number of hydrazone groups is 1. The number of benzene rings is 1. The molecule has 1 aliphatic rings. The molecule has 0 fully saturated rings. The van der Waals surface area contributed by atoms with Crippen LogP contribution in [0, 0.1) is 0 Å². The summed E-state index contributed by atoms with van der Waals surface area (Å²) >= 11 is 0. The standard InChI is InChI=1S/C13H12N4O3/c1-17-5-4-14-12(17)7-15-16-13(18)9-2-3-10-11(6-9)20-8-19-10/h2-7H,8H2,1H3,(H,16,18)/b15-7+. The van der Waals surface area contributed by atoms with Crippen molar-refractivity contribution in [3.8, 4) is 11.5 Å². The maximum absolute atomic E-state index is 11.9. The molecule has 1 aliphatic heterocycles. The Labute approximate surface area is 114 Å². The minimum absolute atomic E-state index is 0.178. The van der Waals surface area contributed by atoms with E-state index >= 15 is 0 Å². The lowest BCUT2D eigenvalue weighted by molar-refractivity contribution is 0.0954. The highest BCUT2D eigenvalue weighted by Gasteiger charge is 2.15. The van der Waals surface area contributed by atoms with E-state index < -0.39 is 0 Å². The number of carbonyl (C=O) groups is 1. The van der Waals surface area contributed by atoms with Crippen molar-refractivity contribution in [3.05, 3.63) is 42.0 Å². The molecule has 0 atom stereocenters. The van der Waals surface area contributed by atoms with Gasteiger partial charge in [-0.05, 0) is 18.2 Å². The van der Waals surface area contributed by atoms with Crippen molar-refractivity contribution in [1.82, 2.24) is 15.0 Å². The van der Waals surface area contributed by atoms with Gasteiger partial charge in [-0.25, -0.2) is 10.4 Å². The predicted octanol–water partition coefficient (Wildman–Crippen LogP) is 0.913. The van der Waals surface area contributed by atoms with E-state index in [1.165, 1.54) is 6.21 Å². The topological polar surface area (TPSA) is 77.7 Å². The van der Waals surface area contributed by atoms with Crippen LogP contribution >= 0.6 is 0 Å². The van der Waals surface area contributed by atoms with Crippen LogP contribution in [-0.2, 0) is 7.05 Å². The van der Waals surface area contributed by atoms with Crippen molar-refractivity contribution in [2.24, 2.45) is 12.1 Å². The third kappa shape index (κ3) is 2.33. The molecule has 2 heterocycles. The maximum atomic E-state index is 11.9. The first kappa shape index (κ1) is 12.2. The summed E-state index contributed by atoms with van der Waals surface area (Å²) in [6.07, 6.45) is 4.92. The zero-order valence-corrected chi connectivity index (χ0v) is 10.7. The molecule has 1 amide bonds. The van der Waals surface area contributed by atoms with Crippen LogP contribution in [0.1, 0.15) is 16.2 Å². The van der Waals surface area contributed by atoms with Crippen LogP contribution in [0.5, 0.6) is 11.5 Å². The van der Waals surface area contributed by atoms with Gasteiger partial charge >= 0.3 is 0 Å². The molecule has 1 aromatic heterocycles. The van der Waals surface area contributed by atoms with Gasteiger partial charge < -0.3 is 14.0 Å². The third-order valence-electron chi connectivity index (χ3n) is 2.84. The van der Waals surface area contributed by atoms with E-state index in [2.05, 4.69) is 15.5 Å². The average molecular weight is 272 g/mol. The van der Waals surface area contributed by atoms with Gasteiger partial charge in [-0.3, -0.25) is 4.79 Å². The molecule has 1 aromatic carbocycles. The van der Waals surface area contributed by atoms with Gasteiger partial charge in [-0.15, -0.1) is 0 Å². The lowest BCUT2D eigenvalue weighted by atomic mass is 10.2. The number of nitrogens with zero attached hydrogens (tertiary/aromatic N) is 3. The van der Waals surface area contributed by atoms with Crippen molar-refractivity contribution in [3.63, 3.8) is 0 Å². The highest BCUT2D eigenvalue weighted by Crippen LogP contribution is 2.32. The van der Waals surface area contributed by atoms with Gasteiger partial charge in [0, 0.05) is 25.0 Å². The van der Waals surface area contributed by atoms with Crippen LogP contribution < -0.4 is 14.9 Å². The van der Waals surface area contributed by atoms with Crippen LogP contribution in [-0.4, -0.2) is 28.5 Å². The van der Waals surface area contributed by atoms with E-state index in [4.69, 9.17) is 9.47 Å². The number of amides is 1. The number of fused-ring (bicyclic) bond motifs is 1. The monoisotopic (exact) mass is 272 g/mol. The Morgan fingerprint density at radius 1 is 1.45 bits per heavy atom. The minimum Gasteiger partial charge on any atom is -0.454 e. The van der Waals surface area contributed by atoms with Crippen molar-refractivity contribution >= 4 is 12.1 Å². The molecule has 3 rings (SSSR count). The normalized spacial score (nSPS) is 12.8. The Kier molecular flexibility index (Phi) is 3.08. The van der Waals surface area contributed by atoms with Gasteiger partial charge in [0.2, 0.25) is 6.79 Å². The Balaban J connectivity index is 1.68. The van der Waals surface area contributed by atoms with Crippen molar-refractivity contribution in [1.29, 1.82) is 0 Å². The van der Waals surface area contributed by atoms with Crippen LogP contribution in [0.3, 0.4) is 0 Å². The summed E-state index contributed by atoms with van der Waals surface area (Å²) in [6.45, 7) is 0.178. The second-order valence-corrected chi connectivity index (χ2v) is 4.16. The first-order valence-electron chi connectivity index (χ1n) is 5.94. The summed E-state index contributed by atoms with van der Waals surface area (Å²) in [5, 5.41) is 3.86. The van der Waals surface area contributed by atoms with Crippen molar-refractivity contribution < 1.29 is 14.3 Å². The number of hydrogen-bond donors (Lipinski definition) is 1. The zero-order chi connectivity index (χ0) is 13.9. The number of ether oxygens (including phenoxy) is 2. The first-order chi connectivity index (χ1) is 9.74. The molecule has 0 saturated carbocycles. The first-order valence-corrected chi connectivity index (χ1v) is 5.94. The summed E-state index contributed by atoms with van der Waals surface area (Å²) in [6, 6.07) is 4.97. The van der Waals surface area contributed by atoms with Crippen LogP contribution in [0.15, 0.2) is 35.7 Å². The number of imidazole rings is 1. The Morgan fingerprint density at radius 2 is 2.30 bits per heavy atom. The van der Waals surface area contributed by atoms with E-state index in [0.29, 0.717) is 22.9 Å². The van der Waals surface area contributed by atoms with Crippen molar-refractivity contribution in [2.45, 2.75) is 0 Å². The summed E-state index contributed by atoms with van der Waals surface area (Å²) < 4.78 is 12.2. The number of rotatable bonds is 3. The van der Waals surface area contributed by atoms with Crippen LogP contribution in [0.25, 0.3) is 0 Å². The fourth-order valence-corrected chi connectivity index (χ4v) is 1.75.